The van der Waals surface area contributed by atoms with Crippen molar-refractivity contribution in [1.29, 1.82) is 5.41 Å². The van der Waals surface area contributed by atoms with E-state index in [9.17, 15) is 4.79 Å². The van der Waals surface area contributed by atoms with Gasteiger partial charge in [0, 0.05) is 6.54 Å². The third-order valence-electron chi connectivity index (χ3n) is 1.51. The van der Waals surface area contributed by atoms with Crippen LogP contribution in [0.2, 0.25) is 0 Å². The summed E-state index contributed by atoms with van der Waals surface area (Å²) in [4.78, 5) is 10.8. The van der Waals surface area contributed by atoms with Gasteiger partial charge in [0.15, 0.2) is 5.96 Å². The molecule has 0 unspecified atom stereocenters. The highest BCUT2D eigenvalue weighted by molar-refractivity contribution is 6.06. The number of carbonyl (C=O) groups is 1. The van der Waals surface area contributed by atoms with Crippen LogP contribution in [0.15, 0.2) is 0 Å². The molecule has 0 fully saturated rings. The van der Waals surface area contributed by atoms with Crippen LogP contribution in [-0.2, 0) is 9.22 Å². The van der Waals surface area contributed by atoms with E-state index >= 15 is 0 Å². The molecule has 0 heterocycles. The molecule has 0 saturated heterocycles. The van der Waals surface area contributed by atoms with E-state index in [0.717, 1.165) is 0 Å². The molecule has 0 spiro atoms. The Balaban J connectivity index is 3.42. The van der Waals surface area contributed by atoms with E-state index < -0.39 is 6.04 Å². The van der Waals surface area contributed by atoms with Gasteiger partial charge in [0.05, 0.1) is 0 Å². The summed E-state index contributed by atoms with van der Waals surface area (Å²) in [7, 11) is 0.378. The van der Waals surface area contributed by atoms with Gasteiger partial charge in [-0.25, -0.2) is 0 Å². The maximum atomic E-state index is 10.8. The smallest absolute Gasteiger partial charge is 0.308 e. The Bertz CT molecular complexity index is 187. The average molecular weight is 204 g/mol. The summed E-state index contributed by atoms with van der Waals surface area (Å²) in [6.45, 7) is 0.553. The second-order valence-electron chi connectivity index (χ2n) is 2.61. The SMILES string of the molecule is N=C(N)NCCC[C@H](N)C(=O)O[SiH3]. The first kappa shape index (κ1) is 11.9. The molecule has 0 aromatic carbocycles. The molecule has 13 heavy (non-hydrogen) atoms. The Labute approximate surface area is 80.0 Å². The molecule has 6 N–H and O–H groups in total. The molecule has 0 bridgehead atoms. The molecule has 0 amide bonds. The lowest BCUT2D eigenvalue weighted by Crippen LogP contribution is -2.34. The lowest BCUT2D eigenvalue weighted by Gasteiger charge is -2.09. The van der Waals surface area contributed by atoms with Crippen LogP contribution in [0.25, 0.3) is 0 Å². The van der Waals surface area contributed by atoms with E-state index in [4.69, 9.17) is 16.9 Å². The van der Waals surface area contributed by atoms with Gasteiger partial charge in [-0.15, -0.1) is 0 Å². The average Bonchev–Trinajstić information content (AvgIpc) is 2.10. The fourth-order valence-electron chi connectivity index (χ4n) is 0.814. The minimum Gasteiger partial charge on any atom is -0.528 e. The third kappa shape index (κ3) is 6.11. The minimum atomic E-state index is -0.550. The first-order valence-corrected chi connectivity index (χ1v) is 4.81. The van der Waals surface area contributed by atoms with Crippen molar-refractivity contribution in [2.24, 2.45) is 11.5 Å². The maximum Gasteiger partial charge on any atom is 0.308 e. The fourth-order valence-corrected chi connectivity index (χ4v) is 1.12. The summed E-state index contributed by atoms with van der Waals surface area (Å²) >= 11 is 0. The number of rotatable bonds is 5. The van der Waals surface area contributed by atoms with Crippen LogP contribution in [0.3, 0.4) is 0 Å². The van der Waals surface area contributed by atoms with Gasteiger partial charge < -0.3 is 21.2 Å². The monoisotopic (exact) mass is 204 g/mol. The summed E-state index contributed by atoms with van der Waals surface area (Å²) < 4.78 is 4.58. The van der Waals surface area contributed by atoms with Crippen molar-refractivity contribution in [3.05, 3.63) is 0 Å². The van der Waals surface area contributed by atoms with Crippen LogP contribution in [0.4, 0.5) is 0 Å². The Kier molecular flexibility index (Phi) is 5.90. The van der Waals surface area contributed by atoms with E-state index in [1.165, 1.54) is 0 Å². The second-order valence-corrected chi connectivity index (χ2v) is 3.02. The third-order valence-corrected chi connectivity index (χ3v) is 1.91. The Morgan fingerprint density at radius 3 is 2.77 bits per heavy atom. The zero-order valence-corrected chi connectivity index (χ0v) is 9.67. The lowest BCUT2D eigenvalue weighted by molar-refractivity contribution is -0.135. The number of hydrogen-bond acceptors (Lipinski definition) is 4. The molecular weight excluding hydrogens is 188 g/mol. The van der Waals surface area contributed by atoms with Crippen molar-refractivity contribution in [1.82, 2.24) is 5.32 Å². The van der Waals surface area contributed by atoms with Crippen LogP contribution in [0, 0.1) is 5.41 Å². The Hall–Kier alpha value is -1.08. The zero-order chi connectivity index (χ0) is 10.3. The predicted octanol–water partition coefficient (Wildman–Crippen LogP) is -2.60. The quantitative estimate of drug-likeness (QED) is 0.170. The summed E-state index contributed by atoms with van der Waals surface area (Å²) in [6.07, 6.45) is 1.23. The molecule has 0 saturated carbocycles. The van der Waals surface area contributed by atoms with Crippen LogP contribution in [-0.4, -0.2) is 35.0 Å². The van der Waals surface area contributed by atoms with Crippen molar-refractivity contribution in [2.75, 3.05) is 6.54 Å². The molecule has 7 heteroatoms. The molecule has 0 aromatic rings. The van der Waals surface area contributed by atoms with E-state index in [-0.39, 0.29) is 11.9 Å². The molecule has 0 aliphatic carbocycles. The highest BCUT2D eigenvalue weighted by Gasteiger charge is 2.11. The summed E-state index contributed by atoms with van der Waals surface area (Å²) in [5, 5.41) is 9.47. The van der Waals surface area contributed by atoms with E-state index in [1.54, 1.807) is 0 Å². The summed E-state index contributed by atoms with van der Waals surface area (Å²) in [5.74, 6) is -0.423. The van der Waals surface area contributed by atoms with Crippen LogP contribution in [0.5, 0.6) is 0 Å². The van der Waals surface area contributed by atoms with Gasteiger partial charge in [0.25, 0.3) is 0 Å². The van der Waals surface area contributed by atoms with Crippen LogP contribution >= 0.6 is 0 Å². The van der Waals surface area contributed by atoms with Crippen LogP contribution < -0.4 is 16.8 Å². The molecule has 6 nitrogen and oxygen atoms in total. The second kappa shape index (κ2) is 6.43. The number of nitrogens with one attached hydrogen (secondary N) is 2. The van der Waals surface area contributed by atoms with E-state index in [0.29, 0.717) is 29.9 Å². The topological polar surface area (TPSA) is 114 Å². The molecule has 0 aliphatic rings. The molecule has 0 aromatic heterocycles. The highest BCUT2D eigenvalue weighted by atomic mass is 28.2. The van der Waals surface area contributed by atoms with Crippen molar-refractivity contribution < 1.29 is 9.22 Å². The maximum absolute atomic E-state index is 10.8. The van der Waals surface area contributed by atoms with Gasteiger partial charge in [0.2, 0.25) is 10.5 Å². The van der Waals surface area contributed by atoms with Gasteiger partial charge in [-0.3, -0.25) is 10.2 Å². The molecule has 0 aliphatic heterocycles. The Morgan fingerprint density at radius 1 is 1.69 bits per heavy atom. The largest absolute Gasteiger partial charge is 0.528 e. The number of guanidine groups is 1. The van der Waals surface area contributed by atoms with E-state index in [2.05, 4.69) is 9.74 Å². The summed E-state index contributed by atoms with van der Waals surface area (Å²) in [6, 6.07) is -0.550. The highest BCUT2D eigenvalue weighted by Crippen LogP contribution is 1.94. The van der Waals surface area contributed by atoms with Crippen molar-refractivity contribution in [3.63, 3.8) is 0 Å². The molecular formula is C6H16N4O2Si. The van der Waals surface area contributed by atoms with Gasteiger partial charge in [-0.05, 0) is 12.8 Å². The van der Waals surface area contributed by atoms with Crippen LogP contribution in [0.1, 0.15) is 12.8 Å². The molecule has 1 atom stereocenters. The Morgan fingerprint density at radius 2 is 2.31 bits per heavy atom. The molecule has 0 radical (unpaired) electrons. The first-order valence-electron chi connectivity index (χ1n) is 3.99. The minimum absolute atomic E-state index is 0.0703. The standard InChI is InChI=1S/C6H16N4O2Si/c7-4(5(11)12-13)2-1-3-10-6(8)9/h4H,1-3,7H2,13H3,(H4,8,9,10)/t4-/m0/s1. The van der Waals surface area contributed by atoms with Gasteiger partial charge in [0.1, 0.15) is 6.04 Å². The van der Waals surface area contributed by atoms with E-state index in [1.807, 2.05) is 0 Å². The summed E-state index contributed by atoms with van der Waals surface area (Å²) in [5.41, 5.74) is 10.5. The molecule has 0 rings (SSSR count). The normalized spacial score (nSPS) is 12.1. The number of hydrogen-bond donors (Lipinski definition) is 4. The van der Waals surface area contributed by atoms with Crippen molar-refractivity contribution >= 4 is 22.4 Å². The zero-order valence-electron chi connectivity index (χ0n) is 7.67. The number of nitrogens with two attached hydrogens (primary N) is 2. The van der Waals surface area contributed by atoms with Gasteiger partial charge in [-0.2, -0.15) is 0 Å². The predicted molar refractivity (Wildman–Crippen MR) is 53.2 cm³/mol. The van der Waals surface area contributed by atoms with Gasteiger partial charge in [-0.1, -0.05) is 0 Å². The van der Waals surface area contributed by atoms with Gasteiger partial charge >= 0.3 is 5.97 Å². The van der Waals surface area contributed by atoms with Crippen molar-refractivity contribution in [2.45, 2.75) is 18.9 Å². The first-order chi connectivity index (χ1) is 6.07. The fraction of sp³-hybridized carbons (Fsp3) is 0.667. The molecule has 76 valence electrons. The number of carbonyl (C=O) groups excluding carboxylic acids is 1. The lowest BCUT2D eigenvalue weighted by atomic mass is 10.2. The van der Waals surface area contributed by atoms with Crippen molar-refractivity contribution in [3.8, 4) is 0 Å².